The smallest absolute Gasteiger partial charge is 0.414 e. The van der Waals surface area contributed by atoms with Crippen LogP contribution in [0.2, 0.25) is 0 Å². The van der Waals surface area contributed by atoms with Crippen molar-refractivity contribution in [2.24, 2.45) is 0 Å². The second-order valence-electron chi connectivity index (χ2n) is 6.08. The highest BCUT2D eigenvalue weighted by Gasteiger charge is 2.30. The van der Waals surface area contributed by atoms with Gasteiger partial charge in [0.25, 0.3) is 11.8 Å². The van der Waals surface area contributed by atoms with Crippen LogP contribution in [-0.4, -0.2) is 40.8 Å². The van der Waals surface area contributed by atoms with Crippen LogP contribution in [-0.2, 0) is 20.9 Å². The molecule has 2 aromatic rings. The highest BCUT2D eigenvalue weighted by Crippen LogP contribution is 2.38. The van der Waals surface area contributed by atoms with Crippen molar-refractivity contribution in [1.29, 1.82) is 0 Å². The molecule has 30 heavy (non-hydrogen) atoms. The van der Waals surface area contributed by atoms with E-state index in [1.165, 1.54) is 24.8 Å². The second kappa shape index (κ2) is 9.59. The molecule has 0 saturated carbocycles. The minimum absolute atomic E-state index is 0.137. The molecule has 0 saturated heterocycles. The number of pyridine rings is 1. The zero-order chi connectivity index (χ0) is 21.7. The number of carbonyl (C=O) groups is 4. The third-order valence-corrected chi connectivity index (χ3v) is 5.79. The normalized spacial score (nSPS) is 14.3. The molecule has 2 aromatic heterocycles. The number of alkyl carbamates (subject to hydrolysis) is 1. The van der Waals surface area contributed by atoms with Gasteiger partial charge in [-0.1, -0.05) is 11.8 Å². The number of fused-ring (bicyclic) bond motifs is 1. The Balaban J connectivity index is 1.62. The number of anilines is 2. The second-order valence-corrected chi connectivity index (χ2v) is 8.09. The zero-order valence-corrected chi connectivity index (χ0v) is 17.7. The van der Waals surface area contributed by atoms with Gasteiger partial charge < -0.3 is 20.7 Å². The van der Waals surface area contributed by atoms with E-state index >= 15 is 0 Å². The fraction of sp³-hybridized carbons (Fsp3) is 0.278. The van der Waals surface area contributed by atoms with Gasteiger partial charge in [0.1, 0.15) is 10.0 Å². The molecule has 10 nitrogen and oxygen atoms in total. The van der Waals surface area contributed by atoms with Gasteiger partial charge in [0, 0.05) is 19.7 Å². The van der Waals surface area contributed by atoms with E-state index < -0.39 is 17.4 Å². The lowest BCUT2D eigenvalue weighted by Crippen LogP contribution is -2.32. The van der Waals surface area contributed by atoms with Gasteiger partial charge in [0.05, 0.1) is 17.9 Å². The Kier molecular flexibility index (Phi) is 6.90. The van der Waals surface area contributed by atoms with E-state index in [1.54, 1.807) is 18.5 Å². The number of carbonyl (C=O) groups excluding carboxylic acids is 4. The van der Waals surface area contributed by atoms with Crippen LogP contribution in [0.4, 0.5) is 15.5 Å². The SMILES string of the molecule is CCOC(=O)NC(=O)c1ccsc1NC(=O)C1Nc2cc(CNC(C)=O)cnc2S1. The van der Waals surface area contributed by atoms with Gasteiger partial charge in [-0.15, -0.1) is 11.3 Å². The van der Waals surface area contributed by atoms with Gasteiger partial charge in [-0.25, -0.2) is 9.78 Å². The summed E-state index contributed by atoms with van der Waals surface area (Å²) in [5.74, 6) is -1.17. The van der Waals surface area contributed by atoms with Gasteiger partial charge in [0.2, 0.25) is 5.91 Å². The molecule has 12 heteroatoms. The van der Waals surface area contributed by atoms with E-state index in [2.05, 4.69) is 26.3 Å². The summed E-state index contributed by atoms with van der Waals surface area (Å²) in [6.07, 6.45) is 0.788. The molecule has 158 valence electrons. The van der Waals surface area contributed by atoms with E-state index in [4.69, 9.17) is 4.74 Å². The molecule has 4 amide bonds. The Morgan fingerprint density at radius 3 is 2.83 bits per heavy atom. The first-order valence-corrected chi connectivity index (χ1v) is 10.7. The minimum Gasteiger partial charge on any atom is -0.450 e. The Hall–Kier alpha value is -3.12. The number of rotatable bonds is 6. The maximum Gasteiger partial charge on any atom is 0.414 e. The average Bonchev–Trinajstić information content (AvgIpc) is 3.32. The van der Waals surface area contributed by atoms with E-state index in [-0.39, 0.29) is 24.0 Å². The maximum absolute atomic E-state index is 12.7. The van der Waals surface area contributed by atoms with Crippen molar-refractivity contribution in [3.8, 4) is 0 Å². The summed E-state index contributed by atoms with van der Waals surface area (Å²) in [5.41, 5.74) is 1.65. The summed E-state index contributed by atoms with van der Waals surface area (Å²) < 4.78 is 4.69. The number of thiophene rings is 1. The number of ether oxygens (including phenoxy) is 1. The molecule has 1 aliphatic rings. The number of hydrogen-bond donors (Lipinski definition) is 4. The molecule has 1 aliphatic heterocycles. The molecule has 0 bridgehead atoms. The molecule has 0 radical (unpaired) electrons. The number of nitrogens with zero attached hydrogens (tertiary/aromatic N) is 1. The molecule has 3 rings (SSSR count). The minimum atomic E-state index is -0.851. The van der Waals surface area contributed by atoms with Crippen molar-refractivity contribution in [2.75, 3.05) is 17.2 Å². The van der Waals surface area contributed by atoms with Crippen LogP contribution in [0.15, 0.2) is 28.7 Å². The van der Waals surface area contributed by atoms with Crippen molar-refractivity contribution in [3.05, 3.63) is 34.8 Å². The Morgan fingerprint density at radius 2 is 2.10 bits per heavy atom. The lowest BCUT2D eigenvalue weighted by Gasteiger charge is -2.11. The number of imide groups is 1. The van der Waals surface area contributed by atoms with Crippen molar-refractivity contribution in [2.45, 2.75) is 30.8 Å². The summed E-state index contributed by atoms with van der Waals surface area (Å²) in [6.45, 7) is 3.54. The van der Waals surface area contributed by atoms with Crippen molar-refractivity contribution in [3.63, 3.8) is 0 Å². The molecule has 1 unspecified atom stereocenters. The molecule has 4 N–H and O–H groups in total. The third kappa shape index (κ3) is 5.27. The zero-order valence-electron chi connectivity index (χ0n) is 16.1. The van der Waals surface area contributed by atoms with Crippen molar-refractivity contribution >= 4 is 57.6 Å². The Bertz CT molecular complexity index is 993. The summed E-state index contributed by atoms with van der Waals surface area (Å²) >= 11 is 2.40. The molecular formula is C18H19N5O5S2. The standard InChI is InChI=1S/C18H19N5O5S2/c1-3-28-18(27)23-13(25)11-4-5-29-15(11)22-14(26)17-21-12-6-10(7-19-9(2)24)8-20-16(12)30-17/h4-6,8,17,21H,3,7H2,1-2H3,(H,19,24)(H,22,26)(H,23,25,27). The number of aromatic nitrogens is 1. The number of hydrogen-bond acceptors (Lipinski definition) is 9. The van der Waals surface area contributed by atoms with Crippen molar-refractivity contribution in [1.82, 2.24) is 15.6 Å². The highest BCUT2D eigenvalue weighted by atomic mass is 32.2. The molecule has 0 aliphatic carbocycles. The number of thioether (sulfide) groups is 1. The number of nitrogens with one attached hydrogen (secondary N) is 4. The molecule has 1 atom stereocenters. The van der Waals surface area contributed by atoms with Gasteiger partial charge in [-0.2, -0.15) is 0 Å². The van der Waals surface area contributed by atoms with Crippen LogP contribution in [0.5, 0.6) is 0 Å². The Morgan fingerprint density at radius 1 is 1.30 bits per heavy atom. The van der Waals surface area contributed by atoms with Gasteiger partial charge in [0.15, 0.2) is 5.37 Å². The van der Waals surface area contributed by atoms with Crippen molar-refractivity contribution < 1.29 is 23.9 Å². The topological polar surface area (TPSA) is 139 Å². The van der Waals surface area contributed by atoms with E-state index in [1.807, 2.05) is 6.07 Å². The van der Waals surface area contributed by atoms with Gasteiger partial charge >= 0.3 is 6.09 Å². The quantitative estimate of drug-likeness (QED) is 0.526. The highest BCUT2D eigenvalue weighted by molar-refractivity contribution is 8.01. The lowest BCUT2D eigenvalue weighted by atomic mass is 10.2. The summed E-state index contributed by atoms with van der Waals surface area (Å²) in [7, 11) is 0. The van der Waals surface area contributed by atoms with Crippen LogP contribution in [0.3, 0.4) is 0 Å². The average molecular weight is 450 g/mol. The van der Waals surface area contributed by atoms with Crippen LogP contribution in [0.25, 0.3) is 0 Å². The molecule has 0 aromatic carbocycles. The summed E-state index contributed by atoms with van der Waals surface area (Å²) in [5, 5.41) is 12.5. The monoisotopic (exact) mass is 449 g/mol. The molecule has 0 fully saturated rings. The predicted molar refractivity (Wildman–Crippen MR) is 112 cm³/mol. The van der Waals surface area contributed by atoms with E-state index in [0.717, 1.165) is 16.9 Å². The molecular weight excluding hydrogens is 430 g/mol. The maximum atomic E-state index is 12.7. The van der Waals surface area contributed by atoms with Crippen LogP contribution in [0.1, 0.15) is 29.8 Å². The van der Waals surface area contributed by atoms with Crippen LogP contribution < -0.4 is 21.3 Å². The van der Waals surface area contributed by atoms with E-state index in [0.29, 0.717) is 22.3 Å². The third-order valence-electron chi connectivity index (χ3n) is 3.84. The fourth-order valence-electron chi connectivity index (χ4n) is 2.51. The fourth-order valence-corrected chi connectivity index (χ4v) is 4.23. The summed E-state index contributed by atoms with van der Waals surface area (Å²) in [4.78, 5) is 51.7. The predicted octanol–water partition coefficient (Wildman–Crippen LogP) is 2.15. The van der Waals surface area contributed by atoms with E-state index in [9.17, 15) is 19.2 Å². The first kappa shape index (κ1) is 21.6. The largest absolute Gasteiger partial charge is 0.450 e. The van der Waals surface area contributed by atoms with Crippen LogP contribution in [0, 0.1) is 0 Å². The lowest BCUT2D eigenvalue weighted by molar-refractivity contribution is -0.119. The summed E-state index contributed by atoms with van der Waals surface area (Å²) in [6, 6.07) is 3.33. The van der Waals surface area contributed by atoms with Gasteiger partial charge in [-0.3, -0.25) is 19.7 Å². The van der Waals surface area contributed by atoms with Crippen LogP contribution >= 0.6 is 23.1 Å². The first-order valence-electron chi connectivity index (χ1n) is 8.90. The molecule has 0 spiro atoms. The Labute approximate surface area is 180 Å². The molecule has 3 heterocycles. The first-order chi connectivity index (χ1) is 14.4. The number of amides is 4. The van der Waals surface area contributed by atoms with Gasteiger partial charge in [-0.05, 0) is 30.0 Å².